The first-order chi connectivity index (χ1) is 8.40. The molecular weight excluding hydrogens is 243 g/mol. The summed E-state index contributed by atoms with van der Waals surface area (Å²) in [5, 5.41) is 0. The van der Waals surface area contributed by atoms with Crippen LogP contribution in [0.2, 0.25) is 0 Å². The number of nitrogens with two attached hydrogens (primary N) is 1. The number of alkyl halides is 3. The molecule has 1 rings (SSSR count). The quantitative estimate of drug-likeness (QED) is 0.825. The third kappa shape index (κ3) is 3.26. The normalized spacial score (nSPS) is 11.1. The van der Waals surface area contributed by atoms with Gasteiger partial charge >= 0.3 is 6.18 Å². The van der Waals surface area contributed by atoms with Gasteiger partial charge < -0.3 is 10.6 Å². The molecule has 0 atom stereocenters. The molecule has 0 unspecified atom stereocenters. The van der Waals surface area contributed by atoms with Gasteiger partial charge in [-0.15, -0.1) is 13.2 Å². The van der Waals surface area contributed by atoms with E-state index in [1.807, 2.05) is 0 Å². The van der Waals surface area contributed by atoms with E-state index in [9.17, 15) is 13.2 Å². The van der Waals surface area contributed by atoms with Gasteiger partial charge in [-0.3, -0.25) is 0 Å². The third-order valence-corrected chi connectivity index (χ3v) is 2.22. The van der Waals surface area contributed by atoms with Gasteiger partial charge in [-0.05, 0) is 6.07 Å². The van der Waals surface area contributed by atoms with Crippen LogP contribution in [0.5, 0.6) is 0 Å². The van der Waals surface area contributed by atoms with Crippen LogP contribution in [0.15, 0.2) is 37.6 Å². The average molecular weight is 257 g/mol. The first-order valence-electron chi connectivity index (χ1n) is 5.19. The molecule has 6 heteroatoms. The van der Waals surface area contributed by atoms with Gasteiger partial charge in [0.2, 0.25) is 0 Å². The Bertz CT molecular complexity index is 431. The molecule has 2 N–H and O–H groups in total. The predicted molar refractivity (Wildman–Crippen MR) is 66.3 cm³/mol. The van der Waals surface area contributed by atoms with Crippen molar-refractivity contribution in [1.82, 2.24) is 4.98 Å². The van der Waals surface area contributed by atoms with Gasteiger partial charge in [-0.1, -0.05) is 12.2 Å². The maximum Gasteiger partial charge on any atom is 0.417 e. The van der Waals surface area contributed by atoms with E-state index in [0.717, 1.165) is 12.3 Å². The van der Waals surface area contributed by atoms with E-state index in [2.05, 4.69) is 18.1 Å². The Hall–Kier alpha value is -1.98. The van der Waals surface area contributed by atoms with Gasteiger partial charge in [-0.2, -0.15) is 13.2 Å². The van der Waals surface area contributed by atoms with Gasteiger partial charge in [-0.25, -0.2) is 4.98 Å². The number of hydrogen-bond donors (Lipinski definition) is 1. The topological polar surface area (TPSA) is 42.2 Å². The summed E-state index contributed by atoms with van der Waals surface area (Å²) in [5.41, 5.74) is 4.73. The predicted octanol–water partition coefficient (Wildman–Crippen LogP) is 2.86. The zero-order valence-corrected chi connectivity index (χ0v) is 9.74. The highest BCUT2D eigenvalue weighted by Gasteiger charge is 2.31. The second-order valence-corrected chi connectivity index (χ2v) is 3.62. The van der Waals surface area contributed by atoms with Crippen molar-refractivity contribution in [3.8, 4) is 0 Å². The van der Waals surface area contributed by atoms with E-state index >= 15 is 0 Å². The van der Waals surface area contributed by atoms with Crippen molar-refractivity contribution in [3.63, 3.8) is 0 Å². The smallest absolute Gasteiger partial charge is 0.396 e. The standard InChI is InChI=1S/C12H14F3N3/c1-3-5-18(6-4-2)11-10(16)7-9(8-17-11)12(13,14)15/h3-4,7-8H,1-2,5-6,16H2. The van der Waals surface area contributed by atoms with Crippen molar-refractivity contribution in [1.29, 1.82) is 0 Å². The van der Waals surface area contributed by atoms with Crippen LogP contribution in [0, 0.1) is 0 Å². The lowest BCUT2D eigenvalue weighted by Crippen LogP contribution is -2.25. The molecule has 1 aromatic heterocycles. The minimum absolute atomic E-state index is 0.0199. The highest BCUT2D eigenvalue weighted by atomic mass is 19.4. The van der Waals surface area contributed by atoms with Gasteiger partial charge in [0, 0.05) is 19.3 Å². The summed E-state index contributed by atoms with van der Waals surface area (Å²) in [6.07, 6.45) is -0.448. The van der Waals surface area contributed by atoms with Crippen LogP contribution in [-0.4, -0.2) is 18.1 Å². The monoisotopic (exact) mass is 257 g/mol. The molecular formula is C12H14F3N3. The largest absolute Gasteiger partial charge is 0.417 e. The molecule has 0 aromatic carbocycles. The number of nitrogens with zero attached hydrogens (tertiary/aromatic N) is 2. The average Bonchev–Trinajstić information content (AvgIpc) is 2.27. The SMILES string of the molecule is C=CCN(CC=C)c1ncc(C(F)(F)F)cc1N. The van der Waals surface area contributed by atoms with Crippen molar-refractivity contribution in [3.05, 3.63) is 43.1 Å². The van der Waals surface area contributed by atoms with Crippen LogP contribution in [0.3, 0.4) is 0 Å². The summed E-state index contributed by atoms with van der Waals surface area (Å²) >= 11 is 0. The van der Waals surface area contributed by atoms with Gasteiger partial charge in [0.05, 0.1) is 11.3 Å². The minimum Gasteiger partial charge on any atom is -0.396 e. The lowest BCUT2D eigenvalue weighted by atomic mass is 10.2. The molecule has 0 bridgehead atoms. The van der Waals surface area contributed by atoms with Crippen molar-refractivity contribution in [2.75, 3.05) is 23.7 Å². The fraction of sp³-hybridized carbons (Fsp3) is 0.250. The number of hydrogen-bond acceptors (Lipinski definition) is 3. The molecule has 0 fully saturated rings. The highest BCUT2D eigenvalue weighted by Crippen LogP contribution is 2.32. The molecule has 0 saturated carbocycles. The van der Waals surface area contributed by atoms with E-state index in [0.29, 0.717) is 18.9 Å². The number of rotatable bonds is 5. The van der Waals surface area contributed by atoms with Crippen molar-refractivity contribution < 1.29 is 13.2 Å². The summed E-state index contributed by atoms with van der Waals surface area (Å²) in [7, 11) is 0. The first-order valence-corrected chi connectivity index (χ1v) is 5.19. The maximum absolute atomic E-state index is 12.5. The molecule has 18 heavy (non-hydrogen) atoms. The van der Waals surface area contributed by atoms with Crippen LogP contribution in [0.1, 0.15) is 5.56 Å². The van der Waals surface area contributed by atoms with E-state index in [1.165, 1.54) is 0 Å². The van der Waals surface area contributed by atoms with E-state index in [-0.39, 0.29) is 5.69 Å². The third-order valence-electron chi connectivity index (χ3n) is 2.22. The van der Waals surface area contributed by atoms with Crippen molar-refractivity contribution in [2.24, 2.45) is 0 Å². The van der Waals surface area contributed by atoms with E-state index in [1.54, 1.807) is 17.1 Å². The van der Waals surface area contributed by atoms with Crippen molar-refractivity contribution in [2.45, 2.75) is 6.18 Å². The molecule has 0 aliphatic carbocycles. The lowest BCUT2D eigenvalue weighted by molar-refractivity contribution is -0.137. The van der Waals surface area contributed by atoms with E-state index < -0.39 is 11.7 Å². The van der Waals surface area contributed by atoms with E-state index in [4.69, 9.17) is 5.73 Å². The van der Waals surface area contributed by atoms with Crippen LogP contribution < -0.4 is 10.6 Å². The Morgan fingerprint density at radius 3 is 2.22 bits per heavy atom. The summed E-state index contributed by atoms with van der Waals surface area (Å²) in [5.74, 6) is 0.294. The Kier molecular flexibility index (Phi) is 4.36. The summed E-state index contributed by atoms with van der Waals surface area (Å²) in [6, 6.07) is 0.876. The summed E-state index contributed by atoms with van der Waals surface area (Å²) < 4.78 is 37.4. The van der Waals surface area contributed by atoms with Gasteiger partial charge in [0.15, 0.2) is 5.82 Å². The van der Waals surface area contributed by atoms with Crippen LogP contribution in [-0.2, 0) is 6.18 Å². The van der Waals surface area contributed by atoms with Gasteiger partial charge in [0.25, 0.3) is 0 Å². The summed E-state index contributed by atoms with van der Waals surface area (Å²) in [4.78, 5) is 5.44. The minimum atomic E-state index is -4.44. The first kappa shape index (κ1) is 14.1. The molecule has 3 nitrogen and oxygen atoms in total. The van der Waals surface area contributed by atoms with Crippen LogP contribution >= 0.6 is 0 Å². The Balaban J connectivity index is 3.10. The Labute approximate surface area is 103 Å². The molecule has 0 aliphatic rings. The molecule has 0 amide bonds. The fourth-order valence-corrected chi connectivity index (χ4v) is 1.45. The molecule has 1 aromatic rings. The number of halogens is 3. The summed E-state index contributed by atoms with van der Waals surface area (Å²) in [6.45, 7) is 7.99. The molecule has 0 aliphatic heterocycles. The Morgan fingerprint density at radius 1 is 1.28 bits per heavy atom. The van der Waals surface area contributed by atoms with Gasteiger partial charge in [0.1, 0.15) is 0 Å². The number of pyridine rings is 1. The highest BCUT2D eigenvalue weighted by molar-refractivity contribution is 5.64. The van der Waals surface area contributed by atoms with Crippen LogP contribution in [0.25, 0.3) is 0 Å². The fourth-order valence-electron chi connectivity index (χ4n) is 1.45. The number of aromatic nitrogens is 1. The molecule has 98 valence electrons. The molecule has 1 heterocycles. The molecule has 0 radical (unpaired) electrons. The second-order valence-electron chi connectivity index (χ2n) is 3.62. The van der Waals surface area contributed by atoms with Crippen molar-refractivity contribution >= 4 is 11.5 Å². The maximum atomic E-state index is 12.5. The number of anilines is 2. The zero-order valence-electron chi connectivity index (χ0n) is 9.74. The Morgan fingerprint density at radius 2 is 1.83 bits per heavy atom. The second kappa shape index (κ2) is 5.57. The number of nitrogen functional groups attached to an aromatic ring is 1. The lowest BCUT2D eigenvalue weighted by Gasteiger charge is -2.22. The molecule has 0 saturated heterocycles. The zero-order chi connectivity index (χ0) is 13.8. The molecule has 0 spiro atoms. The van der Waals surface area contributed by atoms with Crippen LogP contribution in [0.4, 0.5) is 24.7 Å².